The number of rotatable bonds is 8. The monoisotopic (exact) mass is 423 g/mol. The van der Waals surface area contributed by atoms with E-state index < -0.39 is 23.4 Å². The number of amides is 4. The summed E-state index contributed by atoms with van der Waals surface area (Å²) < 4.78 is 0. The van der Waals surface area contributed by atoms with Gasteiger partial charge in [-0.05, 0) is 24.5 Å². The summed E-state index contributed by atoms with van der Waals surface area (Å²) in [5.41, 5.74) is 4.33. The minimum atomic E-state index is -1.21. The summed E-state index contributed by atoms with van der Waals surface area (Å²) in [7, 11) is 0. The third-order valence-corrected chi connectivity index (χ3v) is 5.83. The Bertz CT molecular complexity index is 943. The van der Waals surface area contributed by atoms with Gasteiger partial charge < -0.3 is 10.6 Å². The molecule has 0 aromatic heterocycles. The SMILES string of the molecule is CCc1ccc([C@H]([NH2+]CC(=O)NN2C(=O)N[C@@](C)(c3ccccc3)C2=O)C(C)C)cc1. The number of hydrogen-bond donors (Lipinski definition) is 3. The van der Waals surface area contributed by atoms with Gasteiger partial charge in [0.15, 0.2) is 6.54 Å². The third-order valence-electron chi connectivity index (χ3n) is 5.83. The molecule has 0 saturated carbocycles. The van der Waals surface area contributed by atoms with Crippen molar-refractivity contribution in [3.8, 4) is 0 Å². The van der Waals surface area contributed by atoms with Crippen molar-refractivity contribution >= 4 is 17.8 Å². The molecule has 4 N–H and O–H groups in total. The topological polar surface area (TPSA) is 95.1 Å². The van der Waals surface area contributed by atoms with Crippen LogP contribution in [-0.4, -0.2) is 29.4 Å². The van der Waals surface area contributed by atoms with Crippen LogP contribution in [0.5, 0.6) is 0 Å². The predicted molar refractivity (Wildman–Crippen MR) is 118 cm³/mol. The highest BCUT2D eigenvalue weighted by atomic mass is 16.2. The van der Waals surface area contributed by atoms with E-state index in [1.807, 2.05) is 11.4 Å². The fourth-order valence-corrected chi connectivity index (χ4v) is 3.88. The number of nitrogens with two attached hydrogens (primary N) is 1. The molecular weight excluding hydrogens is 392 g/mol. The normalized spacial score (nSPS) is 19.5. The highest BCUT2D eigenvalue weighted by Crippen LogP contribution is 2.27. The van der Waals surface area contributed by atoms with Crippen LogP contribution in [0.2, 0.25) is 0 Å². The Labute approximate surface area is 183 Å². The molecule has 0 spiro atoms. The number of hydrazine groups is 1. The first kappa shape index (κ1) is 22.5. The quantitative estimate of drug-likeness (QED) is 0.567. The molecule has 1 saturated heterocycles. The number of aryl methyl sites for hydroxylation is 1. The molecule has 2 aromatic carbocycles. The van der Waals surface area contributed by atoms with Crippen LogP contribution in [0, 0.1) is 5.92 Å². The molecule has 0 bridgehead atoms. The van der Waals surface area contributed by atoms with E-state index >= 15 is 0 Å². The van der Waals surface area contributed by atoms with Gasteiger partial charge in [0.1, 0.15) is 11.6 Å². The van der Waals surface area contributed by atoms with E-state index in [9.17, 15) is 14.4 Å². The number of urea groups is 1. The van der Waals surface area contributed by atoms with Crippen LogP contribution >= 0.6 is 0 Å². The van der Waals surface area contributed by atoms with Crippen LogP contribution in [0.4, 0.5) is 4.79 Å². The fraction of sp³-hybridized carbons (Fsp3) is 0.375. The van der Waals surface area contributed by atoms with Crippen molar-refractivity contribution in [2.45, 2.75) is 45.7 Å². The van der Waals surface area contributed by atoms with Crippen molar-refractivity contribution in [3.63, 3.8) is 0 Å². The minimum Gasteiger partial charge on any atom is -0.332 e. The van der Waals surface area contributed by atoms with Gasteiger partial charge in [-0.15, -0.1) is 0 Å². The van der Waals surface area contributed by atoms with E-state index in [0.29, 0.717) is 11.5 Å². The van der Waals surface area contributed by atoms with Gasteiger partial charge in [-0.1, -0.05) is 75.4 Å². The van der Waals surface area contributed by atoms with Gasteiger partial charge in [-0.25, -0.2) is 4.79 Å². The van der Waals surface area contributed by atoms with Crippen molar-refractivity contribution in [3.05, 3.63) is 71.3 Å². The Balaban J connectivity index is 1.64. The molecule has 3 rings (SSSR count). The smallest absolute Gasteiger partial charge is 0.332 e. The Hall–Kier alpha value is -3.19. The molecule has 2 atom stereocenters. The minimum absolute atomic E-state index is 0.0920. The van der Waals surface area contributed by atoms with Gasteiger partial charge in [0.2, 0.25) is 0 Å². The maximum Gasteiger partial charge on any atom is 0.344 e. The first-order chi connectivity index (χ1) is 14.8. The summed E-state index contributed by atoms with van der Waals surface area (Å²) in [6.07, 6.45) is 0.979. The van der Waals surface area contributed by atoms with Crippen LogP contribution in [0.25, 0.3) is 0 Å². The molecule has 0 radical (unpaired) electrons. The number of carbonyl (C=O) groups excluding carboxylic acids is 3. The van der Waals surface area contributed by atoms with Crippen molar-refractivity contribution < 1.29 is 19.7 Å². The lowest BCUT2D eigenvalue weighted by Gasteiger charge is -2.22. The second kappa shape index (κ2) is 9.31. The summed E-state index contributed by atoms with van der Waals surface area (Å²) in [6, 6.07) is 16.8. The Morgan fingerprint density at radius 1 is 1.10 bits per heavy atom. The van der Waals surface area contributed by atoms with Crippen LogP contribution in [0.3, 0.4) is 0 Å². The number of carbonyl (C=O) groups is 3. The molecule has 7 nitrogen and oxygen atoms in total. The first-order valence-corrected chi connectivity index (χ1v) is 10.7. The zero-order chi connectivity index (χ0) is 22.6. The molecule has 31 heavy (non-hydrogen) atoms. The van der Waals surface area contributed by atoms with Crippen LogP contribution < -0.4 is 16.1 Å². The average molecular weight is 424 g/mol. The standard InChI is InChI=1S/C24H30N4O3/c1-5-17-11-13-18(14-12-17)21(16(2)3)25-15-20(29)27-28-22(30)24(4,26-23(28)31)19-9-7-6-8-10-19/h6-14,16,21,25H,5,15H2,1-4H3,(H,26,31)(H,27,29)/p+1/t21-,24+/m1/s1. The van der Waals surface area contributed by atoms with Crippen LogP contribution in [0.1, 0.15) is 50.4 Å². The molecule has 1 fully saturated rings. The Kier molecular flexibility index (Phi) is 6.75. The molecule has 164 valence electrons. The summed E-state index contributed by atoms with van der Waals surface area (Å²) in [4.78, 5) is 37.9. The molecule has 2 aromatic rings. The number of quaternary nitrogens is 1. The second-order valence-electron chi connectivity index (χ2n) is 8.40. The van der Waals surface area contributed by atoms with E-state index in [-0.39, 0.29) is 12.6 Å². The van der Waals surface area contributed by atoms with Gasteiger partial charge in [-0.3, -0.25) is 15.0 Å². The highest BCUT2D eigenvalue weighted by molar-refractivity contribution is 6.08. The lowest BCUT2D eigenvalue weighted by molar-refractivity contribution is -0.692. The molecule has 0 unspecified atom stereocenters. The first-order valence-electron chi connectivity index (χ1n) is 10.7. The van der Waals surface area contributed by atoms with Gasteiger partial charge in [0.25, 0.3) is 11.8 Å². The molecule has 0 aliphatic carbocycles. The molecule has 4 amide bonds. The molecule has 7 heteroatoms. The fourth-order valence-electron chi connectivity index (χ4n) is 3.88. The average Bonchev–Trinajstić information content (AvgIpc) is 2.98. The number of imide groups is 1. The van der Waals surface area contributed by atoms with E-state index in [1.54, 1.807) is 31.2 Å². The Morgan fingerprint density at radius 3 is 2.32 bits per heavy atom. The summed E-state index contributed by atoms with van der Waals surface area (Å²) in [6.45, 7) is 8.06. The number of hydrogen-bond acceptors (Lipinski definition) is 3. The second-order valence-corrected chi connectivity index (χ2v) is 8.40. The maximum atomic E-state index is 12.9. The predicted octanol–water partition coefficient (Wildman–Crippen LogP) is 2.01. The highest BCUT2D eigenvalue weighted by Gasteiger charge is 2.50. The molecule has 1 heterocycles. The van der Waals surface area contributed by atoms with Gasteiger partial charge in [0.05, 0.1) is 0 Å². The van der Waals surface area contributed by atoms with Gasteiger partial charge in [-0.2, -0.15) is 5.01 Å². The van der Waals surface area contributed by atoms with Crippen LogP contribution in [0.15, 0.2) is 54.6 Å². The van der Waals surface area contributed by atoms with Crippen molar-refractivity contribution in [2.75, 3.05) is 6.54 Å². The lowest BCUT2D eigenvalue weighted by atomic mass is 9.92. The van der Waals surface area contributed by atoms with Crippen molar-refractivity contribution in [1.29, 1.82) is 0 Å². The van der Waals surface area contributed by atoms with E-state index in [0.717, 1.165) is 17.0 Å². The van der Waals surface area contributed by atoms with E-state index in [1.165, 1.54) is 5.56 Å². The summed E-state index contributed by atoms with van der Waals surface area (Å²) >= 11 is 0. The van der Waals surface area contributed by atoms with Gasteiger partial charge >= 0.3 is 6.03 Å². The largest absolute Gasteiger partial charge is 0.344 e. The number of nitrogens with zero attached hydrogens (tertiary/aromatic N) is 1. The van der Waals surface area contributed by atoms with E-state index in [2.05, 4.69) is 55.8 Å². The maximum absolute atomic E-state index is 12.9. The zero-order valence-electron chi connectivity index (χ0n) is 18.5. The number of benzene rings is 2. The lowest BCUT2D eigenvalue weighted by Crippen LogP contribution is -2.88. The van der Waals surface area contributed by atoms with E-state index in [4.69, 9.17) is 0 Å². The Morgan fingerprint density at radius 2 is 1.74 bits per heavy atom. The molecule has 1 aliphatic rings. The number of nitrogens with one attached hydrogen (secondary N) is 2. The molecule has 1 aliphatic heterocycles. The summed E-state index contributed by atoms with van der Waals surface area (Å²) in [5.74, 6) is -0.609. The van der Waals surface area contributed by atoms with Crippen LogP contribution in [-0.2, 0) is 21.5 Å². The molecular formula is C24H31N4O3+. The third kappa shape index (κ3) is 4.77. The van der Waals surface area contributed by atoms with Crippen molar-refractivity contribution in [2.24, 2.45) is 5.92 Å². The van der Waals surface area contributed by atoms with Crippen molar-refractivity contribution in [1.82, 2.24) is 15.8 Å². The zero-order valence-corrected chi connectivity index (χ0v) is 18.5. The van der Waals surface area contributed by atoms with Gasteiger partial charge in [0, 0.05) is 11.5 Å². The summed E-state index contributed by atoms with van der Waals surface area (Å²) in [5, 5.41) is 5.41.